The molecule has 0 aliphatic carbocycles. The van der Waals surface area contributed by atoms with E-state index in [0.717, 1.165) is 12.1 Å². The molecule has 1 aromatic carbocycles. The summed E-state index contributed by atoms with van der Waals surface area (Å²) >= 11 is 6.95. The Labute approximate surface area is 161 Å². The Bertz CT molecular complexity index is 855. The van der Waals surface area contributed by atoms with Gasteiger partial charge in [0.2, 0.25) is 0 Å². The molecular weight excluding hydrogens is 407 g/mol. The summed E-state index contributed by atoms with van der Waals surface area (Å²) in [5.41, 5.74) is -1.21. The number of rotatable bonds is 7. The first kappa shape index (κ1) is 20.7. The summed E-state index contributed by atoms with van der Waals surface area (Å²) in [5.74, 6) is -1.69. The molecule has 0 aliphatic rings. The lowest BCUT2D eigenvalue weighted by molar-refractivity contribution is -0.137. The Morgan fingerprint density at radius 1 is 1.37 bits per heavy atom. The number of amides is 1. The van der Waals surface area contributed by atoms with Crippen LogP contribution in [0.3, 0.4) is 0 Å². The van der Waals surface area contributed by atoms with Crippen molar-refractivity contribution >= 4 is 45.6 Å². The first-order chi connectivity index (χ1) is 12.7. The zero-order valence-corrected chi connectivity index (χ0v) is 15.2. The Kier molecular flexibility index (Phi) is 6.81. The lowest BCUT2D eigenvalue weighted by Crippen LogP contribution is -2.21. The van der Waals surface area contributed by atoms with E-state index in [4.69, 9.17) is 16.3 Å². The topological polar surface area (TPSA) is 80.3 Å². The third-order valence-corrected chi connectivity index (χ3v) is 4.14. The van der Waals surface area contributed by atoms with Gasteiger partial charge in [0, 0.05) is 11.9 Å². The van der Waals surface area contributed by atoms with Crippen molar-refractivity contribution < 1.29 is 27.5 Å². The van der Waals surface area contributed by atoms with Gasteiger partial charge < -0.3 is 15.4 Å². The van der Waals surface area contributed by atoms with E-state index in [9.17, 15) is 22.8 Å². The molecule has 0 saturated heterocycles. The maximum Gasteiger partial charge on any atom is 0.416 e. The number of anilines is 2. The van der Waals surface area contributed by atoms with E-state index >= 15 is 0 Å². The van der Waals surface area contributed by atoms with Crippen LogP contribution >= 0.6 is 22.9 Å². The maximum absolute atomic E-state index is 12.7. The minimum atomic E-state index is -4.58. The summed E-state index contributed by atoms with van der Waals surface area (Å²) in [6.45, 7) is 3.28. The van der Waals surface area contributed by atoms with Crippen LogP contribution in [0.4, 0.5) is 24.0 Å². The molecule has 2 N–H and O–H groups in total. The Morgan fingerprint density at radius 3 is 2.78 bits per heavy atom. The number of halogens is 4. The van der Waals surface area contributed by atoms with Gasteiger partial charge in [0.15, 0.2) is 17.4 Å². The number of nitrogens with zero attached hydrogens (tertiary/aromatic N) is 1. The molecule has 1 aromatic heterocycles. The standard InChI is InChI=1S/C16H13ClF3N3O3S/c1-2-5-21-15-23-12(8-27-15)14(25)26-7-13(24)22-11-6-9(16(18,19)20)3-4-10(11)17/h2-4,6,8H,1,5,7H2,(H,21,23)(H,22,24). The van der Waals surface area contributed by atoms with Crippen LogP contribution in [0.5, 0.6) is 0 Å². The molecule has 2 aromatic rings. The van der Waals surface area contributed by atoms with E-state index in [1.165, 1.54) is 16.7 Å². The number of aromatic nitrogens is 1. The molecule has 2 rings (SSSR count). The second-order valence-corrected chi connectivity index (χ2v) is 6.29. The highest BCUT2D eigenvalue weighted by Gasteiger charge is 2.31. The van der Waals surface area contributed by atoms with E-state index in [2.05, 4.69) is 22.2 Å². The van der Waals surface area contributed by atoms with Crippen molar-refractivity contribution in [2.75, 3.05) is 23.8 Å². The highest BCUT2D eigenvalue weighted by molar-refractivity contribution is 7.13. The van der Waals surface area contributed by atoms with Gasteiger partial charge in [0.25, 0.3) is 5.91 Å². The van der Waals surface area contributed by atoms with Gasteiger partial charge in [0.1, 0.15) is 0 Å². The van der Waals surface area contributed by atoms with Gasteiger partial charge >= 0.3 is 12.1 Å². The number of benzene rings is 1. The monoisotopic (exact) mass is 419 g/mol. The smallest absolute Gasteiger partial charge is 0.416 e. The largest absolute Gasteiger partial charge is 0.451 e. The van der Waals surface area contributed by atoms with Gasteiger partial charge in [0.05, 0.1) is 16.3 Å². The minimum absolute atomic E-state index is 0.00327. The molecule has 1 amide bonds. The van der Waals surface area contributed by atoms with E-state index < -0.39 is 30.2 Å². The second kappa shape index (κ2) is 8.87. The van der Waals surface area contributed by atoms with Crippen molar-refractivity contribution in [2.24, 2.45) is 0 Å². The average Bonchev–Trinajstić information content (AvgIpc) is 3.08. The van der Waals surface area contributed by atoms with Crippen LogP contribution < -0.4 is 10.6 Å². The van der Waals surface area contributed by atoms with Crippen molar-refractivity contribution in [3.63, 3.8) is 0 Å². The molecule has 27 heavy (non-hydrogen) atoms. The number of carbonyl (C=O) groups is 2. The van der Waals surface area contributed by atoms with Crippen LogP contribution in [0.15, 0.2) is 36.2 Å². The number of nitrogens with one attached hydrogen (secondary N) is 2. The van der Waals surface area contributed by atoms with Gasteiger partial charge in [-0.05, 0) is 18.2 Å². The first-order valence-corrected chi connectivity index (χ1v) is 8.60. The van der Waals surface area contributed by atoms with Gasteiger partial charge in [-0.25, -0.2) is 9.78 Å². The van der Waals surface area contributed by atoms with Gasteiger partial charge in [-0.3, -0.25) is 4.79 Å². The molecule has 0 bridgehead atoms. The lowest BCUT2D eigenvalue weighted by atomic mass is 10.2. The van der Waals surface area contributed by atoms with Crippen LogP contribution in [0.1, 0.15) is 16.1 Å². The summed E-state index contributed by atoms with van der Waals surface area (Å²) < 4.78 is 42.9. The van der Waals surface area contributed by atoms with Crippen LogP contribution in [-0.2, 0) is 15.7 Å². The number of esters is 1. The van der Waals surface area contributed by atoms with Crippen LogP contribution in [0.2, 0.25) is 5.02 Å². The fourth-order valence-electron chi connectivity index (χ4n) is 1.80. The van der Waals surface area contributed by atoms with Gasteiger partial charge in [-0.1, -0.05) is 17.7 Å². The van der Waals surface area contributed by atoms with Crippen molar-refractivity contribution in [1.82, 2.24) is 4.98 Å². The average molecular weight is 420 g/mol. The second-order valence-electron chi connectivity index (χ2n) is 5.02. The van der Waals surface area contributed by atoms with E-state index in [1.54, 1.807) is 6.08 Å². The molecule has 0 fully saturated rings. The molecule has 1 heterocycles. The number of alkyl halides is 3. The first-order valence-electron chi connectivity index (χ1n) is 7.34. The number of hydrogen-bond donors (Lipinski definition) is 2. The highest BCUT2D eigenvalue weighted by Crippen LogP contribution is 2.33. The summed E-state index contributed by atoms with van der Waals surface area (Å²) in [4.78, 5) is 27.7. The van der Waals surface area contributed by atoms with Crippen LogP contribution in [0, 0.1) is 0 Å². The third kappa shape index (κ3) is 5.97. The summed E-state index contributed by atoms with van der Waals surface area (Å²) in [6, 6.07) is 2.50. The molecule has 0 spiro atoms. The molecule has 0 radical (unpaired) electrons. The quantitative estimate of drug-likeness (QED) is 0.519. The SMILES string of the molecule is C=CCNc1nc(C(=O)OCC(=O)Nc2cc(C(F)(F)F)ccc2Cl)cs1. The summed E-state index contributed by atoms with van der Waals surface area (Å²) in [5, 5.41) is 6.89. The summed E-state index contributed by atoms with van der Waals surface area (Å²) in [6.07, 6.45) is -2.97. The van der Waals surface area contributed by atoms with Crippen molar-refractivity contribution in [3.8, 4) is 0 Å². The van der Waals surface area contributed by atoms with E-state index in [1.807, 2.05) is 0 Å². The molecule has 0 aliphatic heterocycles. The molecule has 11 heteroatoms. The zero-order chi connectivity index (χ0) is 20.0. The highest BCUT2D eigenvalue weighted by atomic mass is 35.5. The predicted molar refractivity (Wildman–Crippen MR) is 96.2 cm³/mol. The number of carbonyl (C=O) groups excluding carboxylic acids is 2. The van der Waals surface area contributed by atoms with Crippen LogP contribution in [0.25, 0.3) is 0 Å². The fraction of sp³-hybridized carbons (Fsp3) is 0.188. The molecule has 6 nitrogen and oxygen atoms in total. The molecule has 0 unspecified atom stereocenters. The van der Waals surface area contributed by atoms with E-state index in [-0.39, 0.29) is 16.4 Å². The zero-order valence-electron chi connectivity index (χ0n) is 13.6. The Morgan fingerprint density at radius 2 is 2.11 bits per heavy atom. The minimum Gasteiger partial charge on any atom is -0.451 e. The van der Waals surface area contributed by atoms with Crippen LogP contribution in [-0.4, -0.2) is 30.0 Å². The number of hydrogen-bond acceptors (Lipinski definition) is 6. The van der Waals surface area contributed by atoms with E-state index in [0.29, 0.717) is 17.7 Å². The normalized spacial score (nSPS) is 11.0. The van der Waals surface area contributed by atoms with Crippen molar-refractivity contribution in [2.45, 2.75) is 6.18 Å². The van der Waals surface area contributed by atoms with Crippen molar-refractivity contribution in [1.29, 1.82) is 0 Å². The fourth-order valence-corrected chi connectivity index (χ4v) is 2.65. The molecular formula is C16H13ClF3N3O3S. The summed E-state index contributed by atoms with van der Waals surface area (Å²) in [7, 11) is 0. The lowest BCUT2D eigenvalue weighted by Gasteiger charge is -2.11. The maximum atomic E-state index is 12.7. The third-order valence-electron chi connectivity index (χ3n) is 3.01. The Balaban J connectivity index is 1.93. The Hall–Kier alpha value is -2.59. The predicted octanol–water partition coefficient (Wildman–Crippen LogP) is 4.21. The van der Waals surface area contributed by atoms with Gasteiger partial charge in [-0.2, -0.15) is 13.2 Å². The molecule has 0 saturated carbocycles. The molecule has 144 valence electrons. The van der Waals surface area contributed by atoms with Crippen molar-refractivity contribution in [3.05, 3.63) is 52.5 Å². The van der Waals surface area contributed by atoms with Gasteiger partial charge in [-0.15, -0.1) is 17.9 Å². The number of thiazole rings is 1. The molecule has 0 atom stereocenters. The number of ether oxygens (including phenoxy) is 1.